The smallest absolute Gasteiger partial charge is 0.306 e. The highest BCUT2D eigenvalue weighted by Gasteiger charge is 2.69. The van der Waals surface area contributed by atoms with Gasteiger partial charge in [0.15, 0.2) is 5.78 Å². The number of aliphatic hydroxyl groups is 5. The Kier molecular flexibility index (Phi) is 17.1. The lowest BCUT2D eigenvalue weighted by Crippen LogP contribution is -2.63. The van der Waals surface area contributed by atoms with Gasteiger partial charge in [-0.2, -0.15) is 0 Å². The predicted octanol–water partition coefficient (Wildman–Crippen LogP) is 9.39. The SMILES string of the molecule is CCCCCCCC/C=C/C/C=C\CCCCCCCC(=O)O[C@H](CCC(C)(C)O)[C@@](C)(O)[C@H]1CC[C@@]2(O)C3=CC(=O)C4C[C@@H](O)[C@@H](O)C[C@]4(C)C3CC[C@]12C. The topological polar surface area (TPSA) is 145 Å². The van der Waals surface area contributed by atoms with Crippen molar-refractivity contribution in [1.82, 2.24) is 0 Å². The van der Waals surface area contributed by atoms with Crippen LogP contribution in [0.5, 0.6) is 0 Å². The number of rotatable bonds is 23. The molecule has 8 heteroatoms. The molecule has 3 saturated carbocycles. The minimum atomic E-state index is -1.50. The van der Waals surface area contributed by atoms with Gasteiger partial charge in [0.05, 0.1) is 23.4 Å². The van der Waals surface area contributed by atoms with E-state index in [1.165, 1.54) is 44.9 Å². The Bertz CT molecular complexity index is 1360. The first-order valence-corrected chi connectivity index (χ1v) is 22.7. The van der Waals surface area contributed by atoms with Gasteiger partial charge >= 0.3 is 5.97 Å². The second kappa shape index (κ2) is 20.4. The number of hydrogen-bond acceptors (Lipinski definition) is 8. The molecule has 0 saturated heterocycles. The summed E-state index contributed by atoms with van der Waals surface area (Å²) in [6, 6.07) is 0. The highest BCUT2D eigenvalue weighted by molar-refractivity contribution is 5.95. The Labute approximate surface area is 339 Å². The molecular weight excluding hydrogens is 705 g/mol. The molecule has 0 bridgehead atoms. The summed E-state index contributed by atoms with van der Waals surface area (Å²) in [5.74, 6) is -1.42. The van der Waals surface area contributed by atoms with Crippen LogP contribution in [-0.4, -0.2) is 72.4 Å². The number of ether oxygens (including phenoxy) is 1. The van der Waals surface area contributed by atoms with Crippen molar-refractivity contribution in [2.75, 3.05) is 0 Å². The van der Waals surface area contributed by atoms with Crippen LogP contribution in [0.4, 0.5) is 0 Å². The van der Waals surface area contributed by atoms with Crippen molar-refractivity contribution in [2.24, 2.45) is 28.6 Å². The fourth-order valence-electron chi connectivity index (χ4n) is 11.3. The Morgan fingerprint density at radius 1 is 0.857 bits per heavy atom. The maximum atomic E-state index is 13.6. The Hall–Kier alpha value is -1.84. The first kappa shape index (κ1) is 46.8. The van der Waals surface area contributed by atoms with Crippen molar-refractivity contribution in [1.29, 1.82) is 0 Å². The lowest BCUT2D eigenvalue weighted by molar-refractivity contribution is -0.194. The van der Waals surface area contributed by atoms with Crippen LogP contribution in [0.3, 0.4) is 0 Å². The van der Waals surface area contributed by atoms with Crippen LogP contribution in [-0.2, 0) is 14.3 Å². The molecule has 0 spiro atoms. The second-order valence-corrected chi connectivity index (χ2v) is 19.7. The maximum absolute atomic E-state index is 13.6. The van der Waals surface area contributed by atoms with Gasteiger partial charge in [-0.25, -0.2) is 0 Å². The number of aliphatic hydroxyl groups excluding tert-OH is 2. The van der Waals surface area contributed by atoms with Crippen molar-refractivity contribution >= 4 is 11.8 Å². The number of carbonyl (C=O) groups excluding carboxylic acids is 2. The Morgan fingerprint density at radius 3 is 2.09 bits per heavy atom. The molecule has 2 unspecified atom stereocenters. The third-order valence-electron chi connectivity index (χ3n) is 14.8. The molecule has 56 heavy (non-hydrogen) atoms. The predicted molar refractivity (Wildman–Crippen MR) is 224 cm³/mol. The van der Waals surface area contributed by atoms with E-state index in [1.807, 2.05) is 13.8 Å². The quantitative estimate of drug-likeness (QED) is 0.0392. The number of unbranched alkanes of at least 4 members (excludes halogenated alkanes) is 11. The van der Waals surface area contributed by atoms with Gasteiger partial charge < -0.3 is 30.3 Å². The van der Waals surface area contributed by atoms with E-state index in [-0.39, 0.29) is 36.9 Å². The van der Waals surface area contributed by atoms with Crippen LogP contribution in [0.25, 0.3) is 0 Å². The Balaban J connectivity index is 1.28. The van der Waals surface area contributed by atoms with Crippen LogP contribution < -0.4 is 0 Å². The summed E-state index contributed by atoms with van der Waals surface area (Å²) in [4.78, 5) is 27.0. The summed E-state index contributed by atoms with van der Waals surface area (Å²) in [6.07, 6.45) is 27.8. The van der Waals surface area contributed by atoms with E-state index >= 15 is 0 Å². The first-order valence-electron chi connectivity index (χ1n) is 22.7. The second-order valence-electron chi connectivity index (χ2n) is 19.7. The third-order valence-corrected chi connectivity index (χ3v) is 14.8. The molecule has 0 heterocycles. The minimum absolute atomic E-state index is 0.108. The third kappa shape index (κ3) is 11.2. The summed E-state index contributed by atoms with van der Waals surface area (Å²) in [5.41, 5.74) is -4.54. The van der Waals surface area contributed by atoms with Crippen molar-refractivity contribution in [3.05, 3.63) is 36.0 Å². The van der Waals surface area contributed by atoms with Gasteiger partial charge in [-0.1, -0.05) is 96.4 Å². The molecule has 0 aromatic carbocycles. The molecule has 4 rings (SSSR count). The van der Waals surface area contributed by atoms with Crippen LogP contribution in [0, 0.1) is 28.6 Å². The van der Waals surface area contributed by atoms with Crippen LogP contribution >= 0.6 is 0 Å². The largest absolute Gasteiger partial charge is 0.459 e. The highest BCUT2D eigenvalue weighted by atomic mass is 16.6. The molecule has 8 nitrogen and oxygen atoms in total. The molecule has 4 aliphatic carbocycles. The maximum Gasteiger partial charge on any atom is 0.306 e. The zero-order valence-electron chi connectivity index (χ0n) is 36.1. The summed E-state index contributed by atoms with van der Waals surface area (Å²) < 4.78 is 6.13. The van der Waals surface area contributed by atoms with Crippen LogP contribution in [0.1, 0.15) is 189 Å². The normalized spacial score (nSPS) is 33.5. The van der Waals surface area contributed by atoms with Gasteiger partial charge in [-0.3, -0.25) is 9.59 Å². The Morgan fingerprint density at radius 2 is 1.46 bits per heavy atom. The van der Waals surface area contributed by atoms with E-state index in [1.54, 1.807) is 26.8 Å². The standard InChI is InChI=1S/C48H80O8/c1-7-8-9-10-11-12-13-14-15-16-17-18-19-20-21-22-23-24-25-43(52)56-42(28-29-44(2,3)53)47(6,54)41-27-31-48(55)36-32-38(49)37-33-39(50)40(51)34-45(37,4)35(36)26-30-46(41,48)5/h14-15,17-18,32,35,37,39-42,50-51,53-55H,7-13,16,19-31,33-34H2,1-6H3/b15-14+,18-17-/t35?,37?,39-,40+,41+,42-,45-,46-,47+,48-/m1/s1. The average molecular weight is 785 g/mol. The van der Waals surface area contributed by atoms with Gasteiger partial charge in [0.25, 0.3) is 0 Å². The van der Waals surface area contributed by atoms with Gasteiger partial charge in [-0.15, -0.1) is 0 Å². The fraction of sp³-hybridized carbons (Fsp3) is 0.833. The number of ketones is 1. The highest BCUT2D eigenvalue weighted by Crippen LogP contribution is 2.68. The zero-order valence-corrected chi connectivity index (χ0v) is 36.1. The molecular formula is C48H80O8. The van der Waals surface area contributed by atoms with Gasteiger partial charge in [-0.05, 0) is 140 Å². The summed E-state index contributed by atoms with van der Waals surface area (Å²) in [7, 11) is 0. The lowest BCUT2D eigenvalue weighted by atomic mass is 9.45. The van der Waals surface area contributed by atoms with E-state index in [2.05, 4.69) is 31.2 Å². The van der Waals surface area contributed by atoms with E-state index in [9.17, 15) is 35.1 Å². The summed E-state index contributed by atoms with van der Waals surface area (Å²) >= 11 is 0. The first-order chi connectivity index (χ1) is 26.4. The number of esters is 1. The van der Waals surface area contributed by atoms with Crippen molar-refractivity contribution in [3.8, 4) is 0 Å². The van der Waals surface area contributed by atoms with Crippen molar-refractivity contribution in [3.63, 3.8) is 0 Å². The molecule has 0 aliphatic heterocycles. The van der Waals surface area contributed by atoms with Gasteiger partial charge in [0.1, 0.15) is 11.7 Å². The van der Waals surface area contributed by atoms with Gasteiger partial charge in [0.2, 0.25) is 0 Å². The van der Waals surface area contributed by atoms with Crippen molar-refractivity contribution in [2.45, 2.75) is 224 Å². The molecule has 5 N–H and O–H groups in total. The molecule has 4 aliphatic rings. The van der Waals surface area contributed by atoms with Crippen LogP contribution in [0.2, 0.25) is 0 Å². The number of allylic oxidation sites excluding steroid dienone is 5. The molecule has 10 atom stereocenters. The number of carbonyl (C=O) groups is 2. The van der Waals surface area contributed by atoms with Crippen LogP contribution in [0.15, 0.2) is 36.0 Å². The summed E-state index contributed by atoms with van der Waals surface area (Å²) in [6.45, 7) is 11.4. The number of fused-ring (bicyclic) bond motifs is 5. The molecule has 0 aromatic heterocycles. The monoisotopic (exact) mass is 785 g/mol. The number of hydrogen-bond donors (Lipinski definition) is 5. The molecule has 0 aromatic rings. The van der Waals surface area contributed by atoms with E-state index in [0.717, 1.165) is 38.5 Å². The van der Waals surface area contributed by atoms with E-state index in [4.69, 9.17) is 4.74 Å². The molecule has 0 amide bonds. The molecule has 0 radical (unpaired) electrons. The summed E-state index contributed by atoms with van der Waals surface area (Å²) in [5, 5.41) is 56.9. The lowest BCUT2D eigenvalue weighted by Gasteiger charge is -2.60. The van der Waals surface area contributed by atoms with E-state index in [0.29, 0.717) is 50.5 Å². The van der Waals surface area contributed by atoms with E-state index < -0.39 is 57.8 Å². The minimum Gasteiger partial charge on any atom is -0.459 e. The molecule has 320 valence electrons. The van der Waals surface area contributed by atoms with Crippen molar-refractivity contribution < 1.29 is 39.9 Å². The van der Waals surface area contributed by atoms with Gasteiger partial charge in [0, 0.05) is 17.8 Å². The molecule has 3 fully saturated rings. The zero-order chi connectivity index (χ0) is 41.2. The average Bonchev–Trinajstić information content (AvgIpc) is 3.42. The fourth-order valence-corrected chi connectivity index (χ4v) is 11.3.